The molecule has 17 heavy (non-hydrogen) atoms. The van der Waals surface area contributed by atoms with Gasteiger partial charge in [0.1, 0.15) is 0 Å². The van der Waals surface area contributed by atoms with Gasteiger partial charge in [-0.1, -0.05) is 0 Å². The van der Waals surface area contributed by atoms with Crippen LogP contribution < -0.4 is 5.73 Å². The highest BCUT2D eigenvalue weighted by atomic mass is 32.1. The molecular formula is C12H12N4S. The maximum absolute atomic E-state index is 5.73. The maximum Gasteiger partial charge on any atom is 0.0958 e. The molecule has 0 aliphatic heterocycles. The molecule has 0 bridgehead atoms. The van der Waals surface area contributed by atoms with Crippen molar-refractivity contribution in [2.24, 2.45) is 0 Å². The number of nitrogens with zero attached hydrogens (tertiary/aromatic N) is 3. The quantitative estimate of drug-likeness (QED) is 0.719. The smallest absolute Gasteiger partial charge is 0.0958 e. The fourth-order valence-corrected chi connectivity index (χ4v) is 2.46. The van der Waals surface area contributed by atoms with Crippen molar-refractivity contribution in [3.8, 4) is 0 Å². The molecule has 0 unspecified atom stereocenters. The molecule has 0 saturated heterocycles. The molecule has 2 aromatic heterocycles. The zero-order valence-corrected chi connectivity index (χ0v) is 10.0. The molecule has 3 rings (SSSR count). The Labute approximate surface area is 103 Å². The molecule has 0 aliphatic carbocycles. The highest BCUT2D eigenvalue weighted by Gasteiger charge is 2.03. The van der Waals surface area contributed by atoms with Crippen molar-refractivity contribution in [3.63, 3.8) is 0 Å². The van der Waals surface area contributed by atoms with Crippen LogP contribution in [0.2, 0.25) is 0 Å². The van der Waals surface area contributed by atoms with Gasteiger partial charge >= 0.3 is 0 Å². The molecular weight excluding hydrogens is 232 g/mol. The minimum atomic E-state index is 0.752. The maximum atomic E-state index is 5.73. The number of fused-ring (bicyclic) bond motifs is 1. The summed E-state index contributed by atoms with van der Waals surface area (Å²) >= 11 is 1.69. The van der Waals surface area contributed by atoms with Gasteiger partial charge in [-0.25, -0.2) is 9.97 Å². The van der Waals surface area contributed by atoms with Crippen LogP contribution in [-0.4, -0.2) is 14.5 Å². The first-order chi connectivity index (χ1) is 8.33. The van der Waals surface area contributed by atoms with Crippen LogP contribution in [0.3, 0.4) is 0 Å². The van der Waals surface area contributed by atoms with Gasteiger partial charge in [0, 0.05) is 30.2 Å². The third-order valence-corrected chi connectivity index (χ3v) is 3.53. The number of rotatable bonds is 3. The van der Waals surface area contributed by atoms with Crippen LogP contribution >= 0.6 is 11.3 Å². The third-order valence-electron chi connectivity index (χ3n) is 2.70. The van der Waals surface area contributed by atoms with Gasteiger partial charge in [-0.15, -0.1) is 11.3 Å². The Morgan fingerprint density at radius 2 is 2.24 bits per heavy atom. The van der Waals surface area contributed by atoms with Gasteiger partial charge < -0.3 is 10.3 Å². The van der Waals surface area contributed by atoms with Gasteiger partial charge in [0.25, 0.3) is 0 Å². The highest BCUT2D eigenvalue weighted by molar-refractivity contribution is 7.09. The molecule has 0 atom stereocenters. The van der Waals surface area contributed by atoms with Crippen molar-refractivity contribution >= 4 is 28.1 Å². The molecule has 4 nitrogen and oxygen atoms in total. The number of aryl methyl sites for hydroxylation is 2. The van der Waals surface area contributed by atoms with Crippen LogP contribution in [0, 0.1) is 0 Å². The predicted molar refractivity (Wildman–Crippen MR) is 70.0 cm³/mol. The molecule has 86 valence electrons. The van der Waals surface area contributed by atoms with E-state index in [4.69, 9.17) is 5.73 Å². The summed E-state index contributed by atoms with van der Waals surface area (Å²) in [5, 5.41) is 3.16. The van der Waals surface area contributed by atoms with Crippen molar-refractivity contribution in [1.82, 2.24) is 14.5 Å². The van der Waals surface area contributed by atoms with E-state index in [9.17, 15) is 0 Å². The normalized spacial score (nSPS) is 11.1. The van der Waals surface area contributed by atoms with E-state index >= 15 is 0 Å². The number of thiazole rings is 1. The van der Waals surface area contributed by atoms with Crippen LogP contribution in [0.4, 0.5) is 5.69 Å². The van der Waals surface area contributed by atoms with Crippen LogP contribution in [0.15, 0.2) is 36.1 Å². The van der Waals surface area contributed by atoms with Gasteiger partial charge in [-0.2, -0.15) is 0 Å². The van der Waals surface area contributed by atoms with E-state index in [0.717, 1.165) is 34.7 Å². The first-order valence-electron chi connectivity index (χ1n) is 5.42. The second kappa shape index (κ2) is 4.18. The fraction of sp³-hybridized carbons (Fsp3) is 0.167. The summed E-state index contributed by atoms with van der Waals surface area (Å²) in [4.78, 5) is 8.62. The van der Waals surface area contributed by atoms with E-state index < -0.39 is 0 Å². The average molecular weight is 244 g/mol. The molecule has 5 heteroatoms. The second-order valence-corrected chi connectivity index (χ2v) is 4.84. The van der Waals surface area contributed by atoms with Crippen molar-refractivity contribution < 1.29 is 0 Å². The minimum absolute atomic E-state index is 0.752. The standard InChI is InChI=1S/C12H12N4S/c13-9-1-2-11-10(7-9)15-8-16(11)5-3-12-14-4-6-17-12/h1-2,4,6-8H,3,5,13H2. The summed E-state index contributed by atoms with van der Waals surface area (Å²) in [5.41, 5.74) is 8.55. The molecule has 0 radical (unpaired) electrons. The summed E-state index contributed by atoms with van der Waals surface area (Å²) in [6.45, 7) is 0.897. The Bertz CT molecular complexity index is 627. The van der Waals surface area contributed by atoms with E-state index in [1.165, 1.54) is 0 Å². The fourth-order valence-electron chi connectivity index (χ4n) is 1.85. The van der Waals surface area contributed by atoms with Crippen LogP contribution in [-0.2, 0) is 13.0 Å². The van der Waals surface area contributed by atoms with E-state index in [-0.39, 0.29) is 0 Å². The summed E-state index contributed by atoms with van der Waals surface area (Å²) in [6.07, 6.45) is 4.64. The Morgan fingerprint density at radius 1 is 1.29 bits per heavy atom. The summed E-state index contributed by atoms with van der Waals surface area (Å²) < 4.78 is 2.14. The number of benzene rings is 1. The van der Waals surface area contributed by atoms with Gasteiger partial charge in [-0.05, 0) is 18.2 Å². The van der Waals surface area contributed by atoms with Crippen LogP contribution in [0.25, 0.3) is 11.0 Å². The lowest BCUT2D eigenvalue weighted by Crippen LogP contribution is -1.99. The molecule has 0 fully saturated rings. The van der Waals surface area contributed by atoms with E-state index in [1.807, 2.05) is 36.1 Å². The molecule has 2 heterocycles. The average Bonchev–Trinajstić information content (AvgIpc) is 2.94. The number of anilines is 1. The largest absolute Gasteiger partial charge is 0.399 e. The molecule has 0 amide bonds. The van der Waals surface area contributed by atoms with Crippen LogP contribution in [0.1, 0.15) is 5.01 Å². The summed E-state index contributed by atoms with van der Waals surface area (Å²) in [7, 11) is 0. The first kappa shape index (κ1) is 10.3. The molecule has 0 aliphatic rings. The number of aromatic nitrogens is 3. The zero-order valence-electron chi connectivity index (χ0n) is 9.21. The van der Waals surface area contributed by atoms with E-state index in [1.54, 1.807) is 11.3 Å². The van der Waals surface area contributed by atoms with Crippen molar-refractivity contribution in [2.75, 3.05) is 5.73 Å². The Balaban J connectivity index is 1.86. The Hall–Kier alpha value is -1.88. The second-order valence-electron chi connectivity index (χ2n) is 3.86. The molecule has 2 N–H and O–H groups in total. The lowest BCUT2D eigenvalue weighted by molar-refractivity contribution is 0.712. The molecule has 1 aromatic carbocycles. The Morgan fingerprint density at radius 3 is 3.06 bits per heavy atom. The number of imidazole rings is 1. The first-order valence-corrected chi connectivity index (χ1v) is 6.29. The topological polar surface area (TPSA) is 56.7 Å². The Kier molecular flexibility index (Phi) is 2.53. The number of nitrogens with two attached hydrogens (primary N) is 1. The number of nitrogen functional groups attached to an aromatic ring is 1. The molecule has 3 aromatic rings. The van der Waals surface area contributed by atoms with Crippen molar-refractivity contribution in [3.05, 3.63) is 41.1 Å². The monoisotopic (exact) mass is 244 g/mol. The van der Waals surface area contributed by atoms with E-state index in [2.05, 4.69) is 14.5 Å². The van der Waals surface area contributed by atoms with Gasteiger partial charge in [-0.3, -0.25) is 0 Å². The summed E-state index contributed by atoms with van der Waals surface area (Å²) in [6, 6.07) is 5.82. The van der Waals surface area contributed by atoms with Gasteiger partial charge in [0.05, 0.1) is 22.4 Å². The van der Waals surface area contributed by atoms with Gasteiger partial charge in [0.15, 0.2) is 0 Å². The number of hydrogen-bond donors (Lipinski definition) is 1. The lowest BCUT2D eigenvalue weighted by Gasteiger charge is -2.02. The lowest BCUT2D eigenvalue weighted by atomic mass is 10.3. The van der Waals surface area contributed by atoms with Crippen LogP contribution in [0.5, 0.6) is 0 Å². The number of hydrogen-bond acceptors (Lipinski definition) is 4. The van der Waals surface area contributed by atoms with E-state index in [0.29, 0.717) is 0 Å². The van der Waals surface area contributed by atoms with Crippen molar-refractivity contribution in [2.45, 2.75) is 13.0 Å². The van der Waals surface area contributed by atoms with Gasteiger partial charge in [0.2, 0.25) is 0 Å². The third kappa shape index (κ3) is 2.01. The highest BCUT2D eigenvalue weighted by Crippen LogP contribution is 2.17. The molecule has 0 saturated carbocycles. The molecule has 0 spiro atoms. The minimum Gasteiger partial charge on any atom is -0.399 e. The predicted octanol–water partition coefficient (Wildman–Crippen LogP) is 2.32. The van der Waals surface area contributed by atoms with Crippen molar-refractivity contribution in [1.29, 1.82) is 0 Å². The summed E-state index contributed by atoms with van der Waals surface area (Å²) in [5.74, 6) is 0. The zero-order chi connectivity index (χ0) is 11.7. The SMILES string of the molecule is Nc1ccc2c(c1)ncn2CCc1nccs1.